The summed E-state index contributed by atoms with van der Waals surface area (Å²) in [5.74, 6) is 0.840. The molecule has 1 atom stereocenters. The molecular weight excluding hydrogens is 381 g/mol. The summed E-state index contributed by atoms with van der Waals surface area (Å²) in [6, 6.07) is 5.31. The Kier molecular flexibility index (Phi) is 3.86. The summed E-state index contributed by atoms with van der Waals surface area (Å²) in [7, 11) is 0. The van der Waals surface area contributed by atoms with E-state index in [0.717, 1.165) is 15.4 Å². The van der Waals surface area contributed by atoms with Gasteiger partial charge in [0, 0.05) is 18.7 Å². The minimum absolute atomic E-state index is 0.154. The quantitative estimate of drug-likeness (QED) is 0.518. The van der Waals surface area contributed by atoms with E-state index in [2.05, 4.69) is 25.1 Å². The molecule has 1 amide bonds. The molecule has 140 valence electrons. The zero-order valence-corrected chi connectivity index (χ0v) is 15.6. The van der Waals surface area contributed by atoms with Gasteiger partial charge in [0.25, 0.3) is 5.91 Å². The Labute approximate surface area is 162 Å². The molecule has 0 N–H and O–H groups in total. The van der Waals surface area contributed by atoms with E-state index in [9.17, 15) is 9.18 Å². The standard InChI is InChI=1S/C18H14FN7OS/c1-10-14-23-24-15(17-22-13-8-20-9-21-16(13)28-17)26(14)7-6-25(10)18(27)11-2-4-12(19)5-3-11/h2-5,8-10H,6-7H2,1H3/t10-/m1/s1. The Morgan fingerprint density at radius 1 is 1.21 bits per heavy atom. The van der Waals surface area contributed by atoms with Crippen LogP contribution in [0, 0.1) is 5.82 Å². The Hall–Kier alpha value is -3.27. The first-order valence-electron chi connectivity index (χ1n) is 8.68. The number of halogens is 1. The molecule has 4 aromatic rings. The fraction of sp³-hybridized carbons (Fsp3) is 0.222. The molecule has 0 bridgehead atoms. The molecular formula is C18H14FN7OS. The van der Waals surface area contributed by atoms with Crippen molar-refractivity contribution in [2.24, 2.45) is 0 Å². The van der Waals surface area contributed by atoms with Crippen LogP contribution < -0.4 is 0 Å². The fourth-order valence-electron chi connectivity index (χ4n) is 3.37. The van der Waals surface area contributed by atoms with Gasteiger partial charge in [0.15, 0.2) is 16.7 Å². The van der Waals surface area contributed by atoms with Gasteiger partial charge in [-0.15, -0.1) is 10.2 Å². The van der Waals surface area contributed by atoms with Crippen molar-refractivity contribution >= 4 is 27.6 Å². The van der Waals surface area contributed by atoms with Gasteiger partial charge in [-0.3, -0.25) is 4.79 Å². The van der Waals surface area contributed by atoms with Crippen LogP contribution in [0.3, 0.4) is 0 Å². The van der Waals surface area contributed by atoms with Crippen LogP contribution >= 0.6 is 11.3 Å². The van der Waals surface area contributed by atoms with E-state index in [4.69, 9.17) is 0 Å². The normalized spacial score (nSPS) is 16.4. The number of hydrogen-bond acceptors (Lipinski definition) is 7. The molecule has 5 rings (SSSR count). The van der Waals surface area contributed by atoms with Crippen LogP contribution in [-0.4, -0.2) is 47.1 Å². The Balaban J connectivity index is 1.47. The maximum Gasteiger partial charge on any atom is 0.254 e. The van der Waals surface area contributed by atoms with Crippen LogP contribution in [0.15, 0.2) is 36.8 Å². The third-order valence-corrected chi connectivity index (χ3v) is 5.78. The first kappa shape index (κ1) is 16.9. The van der Waals surface area contributed by atoms with Crippen molar-refractivity contribution in [1.82, 2.24) is 34.6 Å². The number of hydrogen-bond donors (Lipinski definition) is 0. The van der Waals surface area contributed by atoms with Crippen molar-refractivity contribution in [3.63, 3.8) is 0 Å². The number of nitrogens with zero attached hydrogens (tertiary/aromatic N) is 7. The van der Waals surface area contributed by atoms with Gasteiger partial charge in [-0.1, -0.05) is 11.3 Å². The number of amides is 1. The Morgan fingerprint density at radius 2 is 2.04 bits per heavy atom. The van der Waals surface area contributed by atoms with Crippen LogP contribution in [-0.2, 0) is 6.54 Å². The minimum atomic E-state index is -0.367. The zero-order chi connectivity index (χ0) is 19.3. The van der Waals surface area contributed by atoms with E-state index in [1.807, 2.05) is 11.5 Å². The summed E-state index contributed by atoms with van der Waals surface area (Å²) in [5.41, 5.74) is 1.17. The summed E-state index contributed by atoms with van der Waals surface area (Å²) in [5, 5.41) is 9.35. The van der Waals surface area contributed by atoms with Gasteiger partial charge in [-0.2, -0.15) is 0 Å². The summed E-state index contributed by atoms with van der Waals surface area (Å²) >= 11 is 1.43. The zero-order valence-electron chi connectivity index (χ0n) is 14.8. The molecule has 0 saturated carbocycles. The lowest BCUT2D eigenvalue weighted by atomic mass is 10.1. The highest BCUT2D eigenvalue weighted by Crippen LogP contribution is 2.32. The van der Waals surface area contributed by atoms with E-state index in [1.54, 1.807) is 11.1 Å². The second-order valence-corrected chi connectivity index (χ2v) is 7.42. The molecule has 0 saturated heterocycles. The smallest absolute Gasteiger partial charge is 0.254 e. The van der Waals surface area contributed by atoms with Gasteiger partial charge in [0.1, 0.15) is 22.5 Å². The Bertz CT molecular complexity index is 1150. The average molecular weight is 395 g/mol. The van der Waals surface area contributed by atoms with Gasteiger partial charge in [0.05, 0.1) is 12.2 Å². The molecule has 4 heterocycles. The summed E-state index contributed by atoms with van der Waals surface area (Å²) in [6.07, 6.45) is 3.16. The predicted molar refractivity (Wildman–Crippen MR) is 100 cm³/mol. The molecule has 8 nitrogen and oxygen atoms in total. The predicted octanol–water partition coefficient (Wildman–Crippen LogP) is 2.70. The lowest BCUT2D eigenvalue weighted by Crippen LogP contribution is -2.41. The largest absolute Gasteiger partial charge is 0.327 e. The Morgan fingerprint density at radius 3 is 2.82 bits per heavy atom. The van der Waals surface area contributed by atoms with E-state index in [0.29, 0.717) is 30.3 Å². The van der Waals surface area contributed by atoms with Crippen molar-refractivity contribution in [3.05, 3.63) is 54.0 Å². The molecule has 1 aromatic carbocycles. The van der Waals surface area contributed by atoms with Crippen LogP contribution in [0.1, 0.15) is 29.1 Å². The van der Waals surface area contributed by atoms with E-state index < -0.39 is 0 Å². The van der Waals surface area contributed by atoms with Crippen LogP contribution in [0.5, 0.6) is 0 Å². The summed E-state index contributed by atoms with van der Waals surface area (Å²) < 4.78 is 15.1. The third-order valence-electron chi connectivity index (χ3n) is 4.80. The number of thiazole rings is 1. The highest BCUT2D eigenvalue weighted by Gasteiger charge is 2.32. The van der Waals surface area contributed by atoms with Crippen LogP contribution in [0.25, 0.3) is 21.2 Å². The molecule has 0 unspecified atom stereocenters. The van der Waals surface area contributed by atoms with Crippen molar-refractivity contribution in [2.75, 3.05) is 6.54 Å². The fourth-order valence-corrected chi connectivity index (χ4v) is 4.24. The second-order valence-electron chi connectivity index (χ2n) is 6.45. The van der Waals surface area contributed by atoms with Gasteiger partial charge < -0.3 is 9.47 Å². The summed E-state index contributed by atoms with van der Waals surface area (Å²) in [6.45, 7) is 2.96. The third kappa shape index (κ3) is 2.64. The topological polar surface area (TPSA) is 89.7 Å². The molecule has 0 radical (unpaired) electrons. The van der Waals surface area contributed by atoms with Gasteiger partial charge >= 0.3 is 0 Å². The van der Waals surface area contributed by atoms with Crippen molar-refractivity contribution < 1.29 is 9.18 Å². The number of aromatic nitrogens is 6. The number of carbonyl (C=O) groups is 1. The monoisotopic (exact) mass is 395 g/mol. The average Bonchev–Trinajstić information content (AvgIpc) is 3.32. The highest BCUT2D eigenvalue weighted by molar-refractivity contribution is 7.21. The minimum Gasteiger partial charge on any atom is -0.327 e. The summed E-state index contributed by atoms with van der Waals surface area (Å²) in [4.78, 5) is 28.1. The number of rotatable bonds is 2. The number of fused-ring (bicyclic) bond motifs is 2. The molecule has 0 fully saturated rings. The van der Waals surface area contributed by atoms with Crippen LogP contribution in [0.2, 0.25) is 0 Å². The molecule has 10 heteroatoms. The first-order chi connectivity index (χ1) is 13.6. The maximum atomic E-state index is 13.1. The molecule has 28 heavy (non-hydrogen) atoms. The molecule has 1 aliphatic heterocycles. The van der Waals surface area contributed by atoms with E-state index in [-0.39, 0.29) is 17.8 Å². The molecule has 0 spiro atoms. The van der Waals surface area contributed by atoms with Gasteiger partial charge in [-0.05, 0) is 31.2 Å². The van der Waals surface area contributed by atoms with Gasteiger partial charge in [0.2, 0.25) is 0 Å². The van der Waals surface area contributed by atoms with Gasteiger partial charge in [-0.25, -0.2) is 19.3 Å². The SMILES string of the molecule is C[C@@H]1c2nnc(-c3nc4cncnc4s3)n2CCN1C(=O)c1ccc(F)cc1. The number of benzene rings is 1. The molecule has 3 aromatic heterocycles. The molecule has 1 aliphatic rings. The molecule has 0 aliphatic carbocycles. The van der Waals surface area contributed by atoms with Crippen molar-refractivity contribution in [3.8, 4) is 10.8 Å². The highest BCUT2D eigenvalue weighted by atomic mass is 32.1. The lowest BCUT2D eigenvalue weighted by Gasteiger charge is -2.33. The second kappa shape index (κ2) is 6.41. The van der Waals surface area contributed by atoms with Crippen LogP contribution in [0.4, 0.5) is 4.39 Å². The van der Waals surface area contributed by atoms with E-state index >= 15 is 0 Å². The van der Waals surface area contributed by atoms with E-state index in [1.165, 1.54) is 41.9 Å². The van der Waals surface area contributed by atoms with Crippen molar-refractivity contribution in [2.45, 2.75) is 19.5 Å². The number of carbonyl (C=O) groups excluding carboxylic acids is 1. The van der Waals surface area contributed by atoms with Crippen molar-refractivity contribution in [1.29, 1.82) is 0 Å². The maximum absolute atomic E-state index is 13.1. The lowest BCUT2D eigenvalue weighted by molar-refractivity contribution is 0.0638. The first-order valence-corrected chi connectivity index (χ1v) is 9.50.